The van der Waals surface area contributed by atoms with Crippen LogP contribution < -0.4 is 4.72 Å². The normalized spacial score (nSPS) is 11.5. The molecule has 5 heteroatoms. The Balaban J connectivity index is 1.79. The fourth-order valence-electron chi connectivity index (χ4n) is 2.14. The molecule has 1 N–H and O–H groups in total. The Hall–Kier alpha value is -1.72. The molecule has 0 amide bonds. The maximum Gasteiger partial charge on any atom is 0.240 e. The molecule has 112 valence electrons. The average Bonchev–Trinajstić information content (AvgIpc) is 2.48. The first-order chi connectivity index (χ1) is 10.1. The number of nitrogens with one attached hydrogen (secondary N) is 1. The second kappa shape index (κ2) is 7.33. The van der Waals surface area contributed by atoms with Gasteiger partial charge in [-0.15, -0.1) is 0 Å². The van der Waals surface area contributed by atoms with Crippen LogP contribution in [0.15, 0.2) is 53.7 Å². The van der Waals surface area contributed by atoms with Crippen molar-refractivity contribution in [2.75, 3.05) is 6.54 Å². The standard InChI is InChI=1S/C16H20N2O2S/c1-14-7-2-3-10-16(14)21(19,20)18-12-5-4-8-15-9-6-11-17-13-15/h2-3,6-7,9-11,13,18H,4-5,8,12H2,1H3. The van der Waals surface area contributed by atoms with Crippen LogP contribution in [0.1, 0.15) is 24.0 Å². The smallest absolute Gasteiger partial charge is 0.240 e. The molecule has 1 aromatic heterocycles. The van der Waals surface area contributed by atoms with E-state index in [4.69, 9.17) is 0 Å². The molecule has 1 aromatic carbocycles. The molecule has 0 aliphatic carbocycles. The van der Waals surface area contributed by atoms with Crippen molar-refractivity contribution in [3.8, 4) is 0 Å². The molecule has 2 aromatic rings. The van der Waals surface area contributed by atoms with E-state index in [1.54, 1.807) is 31.3 Å². The molecule has 0 saturated carbocycles. The first-order valence-electron chi connectivity index (χ1n) is 7.04. The van der Waals surface area contributed by atoms with Gasteiger partial charge in [0.25, 0.3) is 0 Å². The van der Waals surface area contributed by atoms with Crippen LogP contribution in [0.5, 0.6) is 0 Å². The Labute approximate surface area is 126 Å². The number of aromatic nitrogens is 1. The van der Waals surface area contributed by atoms with Crippen LogP contribution in [0.3, 0.4) is 0 Å². The third-order valence-electron chi connectivity index (χ3n) is 3.29. The predicted molar refractivity (Wildman–Crippen MR) is 83.5 cm³/mol. The number of nitrogens with zero attached hydrogens (tertiary/aromatic N) is 1. The lowest BCUT2D eigenvalue weighted by molar-refractivity contribution is 0.576. The number of aryl methyl sites for hydroxylation is 2. The summed E-state index contributed by atoms with van der Waals surface area (Å²) in [6, 6.07) is 11.0. The van der Waals surface area contributed by atoms with Crippen molar-refractivity contribution >= 4 is 10.0 Å². The third kappa shape index (κ3) is 4.65. The highest BCUT2D eigenvalue weighted by molar-refractivity contribution is 7.89. The van der Waals surface area contributed by atoms with Crippen LogP contribution in [0.4, 0.5) is 0 Å². The molecule has 0 bridgehead atoms. The largest absolute Gasteiger partial charge is 0.264 e. The molecular formula is C16H20N2O2S. The van der Waals surface area contributed by atoms with Crippen LogP contribution in [0.2, 0.25) is 0 Å². The van der Waals surface area contributed by atoms with Gasteiger partial charge in [0.2, 0.25) is 10.0 Å². The minimum Gasteiger partial charge on any atom is -0.264 e. The molecule has 0 unspecified atom stereocenters. The van der Waals surface area contributed by atoms with Gasteiger partial charge in [0.1, 0.15) is 0 Å². The monoisotopic (exact) mass is 304 g/mol. The number of benzene rings is 1. The number of unbranched alkanes of at least 4 members (excludes halogenated alkanes) is 1. The summed E-state index contributed by atoms with van der Waals surface area (Å²) in [6.07, 6.45) is 6.25. The molecule has 21 heavy (non-hydrogen) atoms. The fraction of sp³-hybridized carbons (Fsp3) is 0.312. The van der Waals surface area contributed by atoms with Crippen LogP contribution in [-0.2, 0) is 16.4 Å². The summed E-state index contributed by atoms with van der Waals surface area (Å²) in [7, 11) is -3.40. The van der Waals surface area contributed by atoms with Crippen molar-refractivity contribution < 1.29 is 8.42 Å². The highest BCUT2D eigenvalue weighted by Crippen LogP contribution is 2.13. The summed E-state index contributed by atoms with van der Waals surface area (Å²) in [5.74, 6) is 0. The van der Waals surface area contributed by atoms with Crippen molar-refractivity contribution in [3.05, 3.63) is 59.9 Å². The molecule has 2 rings (SSSR count). The lowest BCUT2D eigenvalue weighted by Gasteiger charge is -2.09. The summed E-state index contributed by atoms with van der Waals surface area (Å²) in [6.45, 7) is 2.26. The maximum atomic E-state index is 12.2. The third-order valence-corrected chi connectivity index (χ3v) is 4.91. The Morgan fingerprint density at radius 3 is 2.62 bits per heavy atom. The van der Waals surface area contributed by atoms with E-state index in [2.05, 4.69) is 9.71 Å². The van der Waals surface area contributed by atoms with E-state index in [0.29, 0.717) is 11.4 Å². The van der Waals surface area contributed by atoms with Gasteiger partial charge in [0.15, 0.2) is 0 Å². The van der Waals surface area contributed by atoms with Gasteiger partial charge in [-0.25, -0.2) is 13.1 Å². The molecule has 0 aliphatic rings. The van der Waals surface area contributed by atoms with Gasteiger partial charge in [-0.05, 0) is 49.4 Å². The van der Waals surface area contributed by atoms with E-state index in [0.717, 1.165) is 24.8 Å². The molecule has 0 radical (unpaired) electrons. The molecular weight excluding hydrogens is 284 g/mol. The second-order valence-electron chi connectivity index (χ2n) is 4.98. The van der Waals surface area contributed by atoms with E-state index >= 15 is 0 Å². The highest BCUT2D eigenvalue weighted by atomic mass is 32.2. The van der Waals surface area contributed by atoms with Crippen LogP contribution in [0, 0.1) is 6.92 Å². The topological polar surface area (TPSA) is 59.1 Å². The molecule has 4 nitrogen and oxygen atoms in total. The van der Waals surface area contributed by atoms with Gasteiger partial charge in [-0.2, -0.15) is 0 Å². The Bertz CT molecular complexity index is 670. The minimum atomic E-state index is -3.40. The Morgan fingerprint density at radius 2 is 1.90 bits per heavy atom. The lowest BCUT2D eigenvalue weighted by Crippen LogP contribution is -2.25. The highest BCUT2D eigenvalue weighted by Gasteiger charge is 2.14. The summed E-state index contributed by atoms with van der Waals surface area (Å²) in [5.41, 5.74) is 1.94. The minimum absolute atomic E-state index is 0.359. The van der Waals surface area contributed by atoms with Crippen LogP contribution in [0.25, 0.3) is 0 Å². The number of hydrogen-bond donors (Lipinski definition) is 1. The summed E-state index contributed by atoms with van der Waals surface area (Å²) < 4.78 is 27.0. The second-order valence-corrected chi connectivity index (χ2v) is 6.72. The first kappa shape index (κ1) is 15.7. The van der Waals surface area contributed by atoms with Gasteiger partial charge in [-0.3, -0.25) is 4.98 Å². The molecule has 0 aliphatic heterocycles. The van der Waals surface area contributed by atoms with Crippen molar-refractivity contribution in [2.24, 2.45) is 0 Å². The Kier molecular flexibility index (Phi) is 5.47. The number of hydrogen-bond acceptors (Lipinski definition) is 3. The van der Waals surface area contributed by atoms with E-state index in [1.165, 1.54) is 5.56 Å². The summed E-state index contributed by atoms with van der Waals surface area (Å²) >= 11 is 0. The average molecular weight is 304 g/mol. The fourth-order valence-corrected chi connectivity index (χ4v) is 3.46. The van der Waals surface area contributed by atoms with E-state index in [1.807, 2.05) is 24.4 Å². The summed E-state index contributed by atoms with van der Waals surface area (Å²) in [5, 5.41) is 0. The molecule has 0 saturated heterocycles. The van der Waals surface area contributed by atoms with Crippen LogP contribution >= 0.6 is 0 Å². The summed E-state index contributed by atoms with van der Waals surface area (Å²) in [4.78, 5) is 4.42. The molecule has 0 fully saturated rings. The Morgan fingerprint density at radius 1 is 1.10 bits per heavy atom. The quantitative estimate of drug-likeness (QED) is 0.800. The zero-order valence-electron chi connectivity index (χ0n) is 12.1. The maximum absolute atomic E-state index is 12.2. The van der Waals surface area contributed by atoms with Crippen molar-refractivity contribution in [1.29, 1.82) is 0 Å². The zero-order chi connectivity index (χ0) is 15.1. The molecule has 0 atom stereocenters. The van der Waals surface area contributed by atoms with E-state index in [9.17, 15) is 8.42 Å². The van der Waals surface area contributed by atoms with Gasteiger partial charge >= 0.3 is 0 Å². The van der Waals surface area contributed by atoms with E-state index < -0.39 is 10.0 Å². The van der Waals surface area contributed by atoms with Gasteiger partial charge < -0.3 is 0 Å². The van der Waals surface area contributed by atoms with E-state index in [-0.39, 0.29) is 0 Å². The van der Waals surface area contributed by atoms with Crippen molar-refractivity contribution in [1.82, 2.24) is 9.71 Å². The van der Waals surface area contributed by atoms with Crippen molar-refractivity contribution in [2.45, 2.75) is 31.1 Å². The van der Waals surface area contributed by atoms with Gasteiger partial charge in [0.05, 0.1) is 4.90 Å². The number of sulfonamides is 1. The molecule has 0 spiro atoms. The van der Waals surface area contributed by atoms with Gasteiger partial charge in [-0.1, -0.05) is 24.3 Å². The van der Waals surface area contributed by atoms with Gasteiger partial charge in [0, 0.05) is 18.9 Å². The van der Waals surface area contributed by atoms with Crippen molar-refractivity contribution in [3.63, 3.8) is 0 Å². The lowest BCUT2D eigenvalue weighted by atomic mass is 10.1. The SMILES string of the molecule is Cc1ccccc1S(=O)(=O)NCCCCc1cccnc1. The zero-order valence-corrected chi connectivity index (χ0v) is 12.9. The first-order valence-corrected chi connectivity index (χ1v) is 8.52. The number of rotatable bonds is 7. The van der Waals surface area contributed by atoms with Crippen LogP contribution in [-0.4, -0.2) is 19.9 Å². The molecule has 1 heterocycles. The predicted octanol–water partition coefficient (Wildman–Crippen LogP) is 2.69. The number of pyridine rings is 1.